The summed E-state index contributed by atoms with van der Waals surface area (Å²) in [7, 11) is 2.11. The molecule has 10 heavy (non-hydrogen) atoms. The molecule has 1 rings (SSSR count). The van der Waals surface area contributed by atoms with Crippen molar-refractivity contribution >= 4 is 0 Å². The highest BCUT2D eigenvalue weighted by atomic mass is 16.5. The molecular formula is C7H16N2O. The Bertz CT molecular complexity index is 97.6. The second kappa shape index (κ2) is 3.91. The summed E-state index contributed by atoms with van der Waals surface area (Å²) in [4.78, 5) is 2.27. The van der Waals surface area contributed by atoms with Crippen molar-refractivity contribution in [2.24, 2.45) is 11.7 Å². The Morgan fingerprint density at radius 1 is 1.70 bits per heavy atom. The fourth-order valence-electron chi connectivity index (χ4n) is 1.20. The summed E-state index contributed by atoms with van der Waals surface area (Å²) in [5.41, 5.74) is 5.53. The monoisotopic (exact) mass is 144 g/mol. The second-order valence-electron chi connectivity index (χ2n) is 2.94. The number of hydrogen-bond donors (Lipinski definition) is 1. The molecular weight excluding hydrogens is 128 g/mol. The maximum atomic E-state index is 5.53. The minimum Gasteiger partial charge on any atom is -0.380 e. The van der Waals surface area contributed by atoms with Gasteiger partial charge in [0.25, 0.3) is 0 Å². The zero-order valence-electron chi connectivity index (χ0n) is 6.55. The molecule has 1 heterocycles. The zero-order valence-corrected chi connectivity index (χ0v) is 6.55. The Kier molecular flexibility index (Phi) is 3.12. The first-order chi connectivity index (χ1) is 4.83. The molecule has 2 N–H and O–H groups in total. The lowest BCUT2D eigenvalue weighted by Gasteiger charge is -2.16. The van der Waals surface area contributed by atoms with Crippen molar-refractivity contribution in [3.63, 3.8) is 0 Å². The van der Waals surface area contributed by atoms with Crippen LogP contribution in [0.2, 0.25) is 0 Å². The summed E-state index contributed by atoms with van der Waals surface area (Å²) in [5, 5.41) is 0. The van der Waals surface area contributed by atoms with Crippen molar-refractivity contribution in [3.8, 4) is 0 Å². The van der Waals surface area contributed by atoms with E-state index in [0.717, 1.165) is 32.8 Å². The Labute approximate surface area is 62.1 Å². The maximum absolute atomic E-state index is 5.53. The average Bonchev–Trinajstić information content (AvgIpc) is 2.13. The molecule has 0 aromatic carbocycles. The van der Waals surface area contributed by atoms with E-state index in [-0.39, 0.29) is 0 Å². The van der Waals surface area contributed by atoms with Crippen LogP contribution >= 0.6 is 0 Å². The van der Waals surface area contributed by atoms with E-state index in [1.807, 2.05) is 0 Å². The molecule has 1 atom stereocenters. The molecule has 0 unspecified atom stereocenters. The van der Waals surface area contributed by atoms with Gasteiger partial charge in [0.05, 0.1) is 13.2 Å². The van der Waals surface area contributed by atoms with E-state index >= 15 is 0 Å². The number of rotatable bonds is 1. The van der Waals surface area contributed by atoms with Crippen molar-refractivity contribution in [1.82, 2.24) is 4.90 Å². The lowest BCUT2D eigenvalue weighted by Crippen LogP contribution is -2.30. The Morgan fingerprint density at radius 3 is 3.20 bits per heavy atom. The molecule has 3 nitrogen and oxygen atoms in total. The summed E-state index contributed by atoms with van der Waals surface area (Å²) < 4.78 is 5.35. The van der Waals surface area contributed by atoms with E-state index in [1.54, 1.807) is 0 Å². The molecule has 0 aromatic heterocycles. The van der Waals surface area contributed by atoms with Gasteiger partial charge < -0.3 is 15.4 Å². The van der Waals surface area contributed by atoms with E-state index in [9.17, 15) is 0 Å². The summed E-state index contributed by atoms with van der Waals surface area (Å²) in [6.45, 7) is 4.55. The van der Waals surface area contributed by atoms with Crippen LogP contribution in [-0.4, -0.2) is 44.8 Å². The van der Waals surface area contributed by atoms with Gasteiger partial charge in [-0.05, 0) is 13.6 Å². The largest absolute Gasteiger partial charge is 0.380 e. The van der Waals surface area contributed by atoms with Gasteiger partial charge in [0.2, 0.25) is 0 Å². The smallest absolute Gasteiger partial charge is 0.0593 e. The number of nitrogens with zero attached hydrogens (tertiary/aromatic N) is 1. The molecule has 0 radical (unpaired) electrons. The van der Waals surface area contributed by atoms with Gasteiger partial charge in [-0.2, -0.15) is 0 Å². The SMILES string of the molecule is CN1CCOC[C@@H](CN)C1. The highest BCUT2D eigenvalue weighted by molar-refractivity contribution is 4.66. The lowest BCUT2D eigenvalue weighted by molar-refractivity contribution is 0.124. The summed E-state index contributed by atoms with van der Waals surface area (Å²) in [6.07, 6.45) is 0. The number of likely N-dealkylation sites (N-methyl/N-ethyl adjacent to an activating group) is 1. The molecule has 1 fully saturated rings. The third-order valence-electron chi connectivity index (χ3n) is 1.87. The van der Waals surface area contributed by atoms with Crippen LogP contribution in [0.4, 0.5) is 0 Å². The van der Waals surface area contributed by atoms with Crippen molar-refractivity contribution in [3.05, 3.63) is 0 Å². The molecule has 1 aliphatic rings. The predicted molar refractivity (Wildman–Crippen MR) is 40.9 cm³/mol. The Hall–Kier alpha value is -0.120. The highest BCUT2D eigenvalue weighted by Crippen LogP contribution is 2.02. The van der Waals surface area contributed by atoms with Gasteiger partial charge in [0, 0.05) is 19.0 Å². The van der Waals surface area contributed by atoms with Crippen LogP contribution in [0.15, 0.2) is 0 Å². The molecule has 1 saturated heterocycles. The first-order valence-corrected chi connectivity index (χ1v) is 3.79. The number of ether oxygens (including phenoxy) is 1. The van der Waals surface area contributed by atoms with Crippen LogP contribution in [0, 0.1) is 5.92 Å². The van der Waals surface area contributed by atoms with E-state index in [1.165, 1.54) is 0 Å². The van der Waals surface area contributed by atoms with Gasteiger partial charge in [-0.3, -0.25) is 0 Å². The van der Waals surface area contributed by atoms with Gasteiger partial charge in [-0.15, -0.1) is 0 Å². The lowest BCUT2D eigenvalue weighted by atomic mass is 10.1. The van der Waals surface area contributed by atoms with Gasteiger partial charge in [0.1, 0.15) is 0 Å². The van der Waals surface area contributed by atoms with Crippen molar-refractivity contribution < 1.29 is 4.74 Å². The van der Waals surface area contributed by atoms with Crippen LogP contribution < -0.4 is 5.73 Å². The summed E-state index contributed by atoms with van der Waals surface area (Å²) in [6, 6.07) is 0. The molecule has 0 amide bonds. The molecule has 1 aliphatic heterocycles. The quantitative estimate of drug-likeness (QED) is 0.540. The van der Waals surface area contributed by atoms with Crippen molar-refractivity contribution in [2.45, 2.75) is 0 Å². The van der Waals surface area contributed by atoms with Crippen LogP contribution in [0.1, 0.15) is 0 Å². The predicted octanol–water partition coefficient (Wildman–Crippen LogP) is -0.477. The standard InChI is InChI=1S/C7H16N2O/c1-9-2-3-10-6-7(4-8)5-9/h7H,2-6,8H2,1H3/t7-/m0/s1. The molecule has 0 aromatic rings. The van der Waals surface area contributed by atoms with Crippen molar-refractivity contribution in [2.75, 3.05) is 39.9 Å². The Morgan fingerprint density at radius 2 is 2.50 bits per heavy atom. The normalized spacial score (nSPS) is 30.0. The van der Waals surface area contributed by atoms with Crippen molar-refractivity contribution in [1.29, 1.82) is 0 Å². The number of nitrogens with two attached hydrogens (primary N) is 1. The molecule has 0 bridgehead atoms. The van der Waals surface area contributed by atoms with E-state index in [2.05, 4.69) is 11.9 Å². The summed E-state index contributed by atoms with van der Waals surface area (Å²) >= 11 is 0. The summed E-state index contributed by atoms with van der Waals surface area (Å²) in [5.74, 6) is 0.535. The molecule has 0 saturated carbocycles. The van der Waals surface area contributed by atoms with Crippen LogP contribution in [0.5, 0.6) is 0 Å². The van der Waals surface area contributed by atoms with Crippen LogP contribution in [0.25, 0.3) is 0 Å². The molecule has 60 valence electrons. The second-order valence-corrected chi connectivity index (χ2v) is 2.94. The average molecular weight is 144 g/mol. The minimum atomic E-state index is 0.535. The maximum Gasteiger partial charge on any atom is 0.0593 e. The molecule has 0 aliphatic carbocycles. The fraction of sp³-hybridized carbons (Fsp3) is 1.00. The first-order valence-electron chi connectivity index (χ1n) is 3.79. The Balaban J connectivity index is 2.30. The highest BCUT2D eigenvalue weighted by Gasteiger charge is 2.13. The first kappa shape index (κ1) is 7.98. The third-order valence-corrected chi connectivity index (χ3v) is 1.87. The van der Waals surface area contributed by atoms with Crippen LogP contribution in [-0.2, 0) is 4.74 Å². The van der Waals surface area contributed by atoms with Gasteiger partial charge in [-0.25, -0.2) is 0 Å². The molecule has 0 spiro atoms. The molecule has 3 heteroatoms. The van der Waals surface area contributed by atoms with E-state index in [4.69, 9.17) is 10.5 Å². The van der Waals surface area contributed by atoms with E-state index in [0.29, 0.717) is 5.92 Å². The number of hydrogen-bond acceptors (Lipinski definition) is 3. The minimum absolute atomic E-state index is 0.535. The fourth-order valence-corrected chi connectivity index (χ4v) is 1.20. The topological polar surface area (TPSA) is 38.5 Å². The zero-order chi connectivity index (χ0) is 7.40. The van der Waals surface area contributed by atoms with E-state index < -0.39 is 0 Å². The van der Waals surface area contributed by atoms with Crippen LogP contribution in [0.3, 0.4) is 0 Å². The van der Waals surface area contributed by atoms with Gasteiger partial charge in [-0.1, -0.05) is 0 Å². The van der Waals surface area contributed by atoms with Gasteiger partial charge in [0.15, 0.2) is 0 Å². The van der Waals surface area contributed by atoms with Gasteiger partial charge >= 0.3 is 0 Å². The third kappa shape index (κ3) is 2.25.